The Kier molecular flexibility index (Phi) is 4.48. The first-order valence-electron chi connectivity index (χ1n) is 8.70. The average Bonchev–Trinajstić information content (AvgIpc) is 3.13. The van der Waals surface area contributed by atoms with E-state index in [0.717, 1.165) is 5.39 Å². The highest BCUT2D eigenvalue weighted by molar-refractivity contribution is 7.91. The van der Waals surface area contributed by atoms with E-state index in [1.165, 1.54) is 0 Å². The zero-order valence-corrected chi connectivity index (χ0v) is 15.7. The summed E-state index contributed by atoms with van der Waals surface area (Å²) < 4.78 is 26.8. The molecule has 0 bridgehead atoms. The molecule has 3 aromatic carbocycles. The second kappa shape index (κ2) is 6.97. The van der Waals surface area contributed by atoms with Crippen LogP contribution in [0.3, 0.4) is 0 Å². The predicted octanol–water partition coefficient (Wildman–Crippen LogP) is 2.84. The van der Waals surface area contributed by atoms with Crippen LogP contribution < -0.4 is 11.1 Å². The Labute approximate surface area is 161 Å². The van der Waals surface area contributed by atoms with Gasteiger partial charge in [-0.2, -0.15) is 5.10 Å². The van der Waals surface area contributed by atoms with Crippen molar-refractivity contribution in [2.75, 3.05) is 11.9 Å². The number of fused-ring (bicyclic) bond motifs is 2. The summed E-state index contributed by atoms with van der Waals surface area (Å²) in [5, 5.41) is 12.0. The van der Waals surface area contributed by atoms with Gasteiger partial charge in [-0.25, -0.2) is 8.42 Å². The molecule has 0 unspecified atom stereocenters. The van der Waals surface area contributed by atoms with Gasteiger partial charge in [0.05, 0.1) is 10.6 Å². The first-order valence-corrected chi connectivity index (χ1v) is 10.2. The minimum atomic E-state index is -3.82. The van der Waals surface area contributed by atoms with Gasteiger partial charge in [-0.1, -0.05) is 42.5 Å². The van der Waals surface area contributed by atoms with E-state index in [4.69, 9.17) is 5.73 Å². The molecule has 28 heavy (non-hydrogen) atoms. The third kappa shape index (κ3) is 3.07. The number of aromatic amines is 1. The lowest BCUT2D eigenvalue weighted by atomic mass is 10.1. The van der Waals surface area contributed by atoms with Crippen molar-refractivity contribution >= 4 is 43.1 Å². The van der Waals surface area contributed by atoms with E-state index in [-0.39, 0.29) is 16.3 Å². The number of anilines is 1. The number of rotatable bonds is 6. The molecule has 0 spiro atoms. The lowest BCUT2D eigenvalue weighted by Crippen LogP contribution is -2.15. The molecule has 0 fully saturated rings. The molecule has 0 radical (unpaired) electrons. The van der Waals surface area contributed by atoms with Crippen LogP contribution in [0.4, 0.5) is 5.69 Å². The Morgan fingerprint density at radius 3 is 2.54 bits per heavy atom. The summed E-state index contributed by atoms with van der Waals surface area (Å²) in [7, 11) is -3.82. The third-order valence-corrected chi connectivity index (χ3v) is 6.33. The smallest absolute Gasteiger partial charge is 0.224 e. The summed E-state index contributed by atoms with van der Waals surface area (Å²) >= 11 is 0. The maximum absolute atomic E-state index is 13.4. The molecule has 4 rings (SSSR count). The van der Waals surface area contributed by atoms with E-state index in [0.29, 0.717) is 28.5 Å². The van der Waals surface area contributed by atoms with Crippen LogP contribution >= 0.6 is 0 Å². The quantitative estimate of drug-likeness (QED) is 0.465. The first kappa shape index (κ1) is 18.0. The van der Waals surface area contributed by atoms with E-state index in [2.05, 4.69) is 15.5 Å². The topological polar surface area (TPSA) is 118 Å². The highest BCUT2D eigenvalue weighted by atomic mass is 32.2. The predicted molar refractivity (Wildman–Crippen MR) is 108 cm³/mol. The second-order valence-electron chi connectivity index (χ2n) is 6.38. The van der Waals surface area contributed by atoms with Crippen LogP contribution in [0.25, 0.3) is 21.7 Å². The third-order valence-electron chi connectivity index (χ3n) is 4.54. The lowest BCUT2D eigenvalue weighted by Gasteiger charge is -2.08. The molecular weight excluding hydrogens is 376 g/mol. The van der Waals surface area contributed by atoms with Crippen molar-refractivity contribution in [1.82, 2.24) is 10.2 Å². The summed E-state index contributed by atoms with van der Waals surface area (Å²) in [6.45, 7) is 0.340. The number of nitrogens with one attached hydrogen (secondary N) is 2. The zero-order valence-electron chi connectivity index (χ0n) is 14.8. The number of nitrogens with two attached hydrogens (primary N) is 1. The highest BCUT2D eigenvalue weighted by Crippen LogP contribution is 2.33. The number of nitrogens with zero attached hydrogens (tertiary/aromatic N) is 1. The average molecular weight is 394 g/mol. The second-order valence-corrected chi connectivity index (χ2v) is 8.23. The van der Waals surface area contributed by atoms with E-state index in [1.807, 2.05) is 24.3 Å². The molecule has 8 heteroatoms. The van der Waals surface area contributed by atoms with Crippen molar-refractivity contribution in [3.8, 4) is 0 Å². The molecule has 0 aliphatic carbocycles. The fourth-order valence-electron chi connectivity index (χ4n) is 3.22. The number of H-pyrrole nitrogens is 1. The highest BCUT2D eigenvalue weighted by Gasteiger charge is 2.25. The number of sulfone groups is 1. The largest absolute Gasteiger partial charge is 0.383 e. The normalized spacial score (nSPS) is 11.7. The van der Waals surface area contributed by atoms with Crippen LogP contribution in [0.15, 0.2) is 70.6 Å². The molecule has 142 valence electrons. The molecule has 4 N–H and O–H groups in total. The number of hydrogen-bond donors (Lipinski definition) is 3. The molecule has 7 nitrogen and oxygen atoms in total. The Bertz CT molecular complexity index is 1290. The number of carbonyl (C=O) groups excluding carboxylic acids is 1. The monoisotopic (exact) mass is 394 g/mol. The van der Waals surface area contributed by atoms with Gasteiger partial charge in [-0.3, -0.25) is 9.89 Å². The first-order chi connectivity index (χ1) is 13.5. The summed E-state index contributed by atoms with van der Waals surface area (Å²) in [6.07, 6.45) is 0.169. The van der Waals surface area contributed by atoms with Gasteiger partial charge in [-0.05, 0) is 23.6 Å². The number of aromatic nitrogens is 2. The van der Waals surface area contributed by atoms with Gasteiger partial charge < -0.3 is 11.1 Å². The van der Waals surface area contributed by atoms with Gasteiger partial charge in [0.25, 0.3) is 0 Å². The molecule has 0 saturated carbocycles. The van der Waals surface area contributed by atoms with Crippen molar-refractivity contribution < 1.29 is 13.2 Å². The van der Waals surface area contributed by atoms with Crippen LogP contribution in [0.1, 0.15) is 6.42 Å². The van der Waals surface area contributed by atoms with Crippen molar-refractivity contribution in [3.63, 3.8) is 0 Å². The maximum atomic E-state index is 13.4. The number of hydrogen-bond acceptors (Lipinski definition) is 5. The van der Waals surface area contributed by atoms with Crippen LogP contribution in [-0.2, 0) is 14.6 Å². The number of carbonyl (C=O) groups is 1. The van der Waals surface area contributed by atoms with Crippen LogP contribution in [0.5, 0.6) is 0 Å². The fraction of sp³-hybridized carbons (Fsp3) is 0.100. The summed E-state index contributed by atoms with van der Waals surface area (Å²) in [6, 6.07) is 17.8. The molecule has 1 heterocycles. The number of benzene rings is 3. The number of para-hydroxylation sites is 1. The minimum absolute atomic E-state index is 0.0393. The Balaban J connectivity index is 1.81. The van der Waals surface area contributed by atoms with E-state index >= 15 is 0 Å². The fourth-order valence-corrected chi connectivity index (χ4v) is 4.80. The lowest BCUT2D eigenvalue weighted by molar-refractivity contribution is -0.117. The zero-order chi connectivity index (χ0) is 19.7. The summed E-state index contributed by atoms with van der Waals surface area (Å²) in [5.74, 6) is -0.416. The molecule has 0 aliphatic rings. The van der Waals surface area contributed by atoms with Gasteiger partial charge in [0, 0.05) is 23.7 Å². The van der Waals surface area contributed by atoms with Crippen LogP contribution in [0.2, 0.25) is 0 Å². The SMILES string of the molecule is NC(=O)CCNc1cccc2c(S(=O)(=O)c3cccc4ccccc34)[nH]nc12. The maximum Gasteiger partial charge on any atom is 0.224 e. The molecule has 1 aromatic heterocycles. The Morgan fingerprint density at radius 2 is 1.71 bits per heavy atom. The van der Waals surface area contributed by atoms with Crippen molar-refractivity contribution in [2.24, 2.45) is 5.73 Å². The molecule has 1 amide bonds. The van der Waals surface area contributed by atoms with Crippen molar-refractivity contribution in [1.29, 1.82) is 0 Å². The molecule has 4 aromatic rings. The summed E-state index contributed by atoms with van der Waals surface area (Å²) in [5.41, 5.74) is 6.29. The molecular formula is C20H18N4O3S. The Morgan fingerprint density at radius 1 is 1.00 bits per heavy atom. The number of primary amides is 1. The van der Waals surface area contributed by atoms with E-state index in [1.54, 1.807) is 36.4 Å². The van der Waals surface area contributed by atoms with Gasteiger partial charge >= 0.3 is 0 Å². The van der Waals surface area contributed by atoms with E-state index in [9.17, 15) is 13.2 Å². The van der Waals surface area contributed by atoms with Crippen molar-refractivity contribution in [3.05, 3.63) is 60.7 Å². The van der Waals surface area contributed by atoms with Gasteiger partial charge in [0.15, 0.2) is 5.03 Å². The van der Waals surface area contributed by atoms with Crippen LogP contribution in [-0.4, -0.2) is 31.1 Å². The van der Waals surface area contributed by atoms with Crippen LogP contribution in [0, 0.1) is 0 Å². The number of amides is 1. The van der Waals surface area contributed by atoms with Gasteiger partial charge in [0.2, 0.25) is 15.7 Å². The van der Waals surface area contributed by atoms with E-state index < -0.39 is 15.7 Å². The minimum Gasteiger partial charge on any atom is -0.383 e. The Hall–Kier alpha value is -3.39. The standard InChI is InChI=1S/C20H18N4O3S/c21-18(25)11-12-22-16-9-4-8-15-19(16)23-24-20(15)28(26,27)17-10-3-6-13-5-1-2-7-14(13)17/h1-10,22H,11-12H2,(H2,21,25)(H,23,24). The molecule has 0 aliphatic heterocycles. The molecule has 0 atom stereocenters. The van der Waals surface area contributed by atoms with Gasteiger partial charge in [-0.15, -0.1) is 0 Å². The summed E-state index contributed by atoms with van der Waals surface area (Å²) in [4.78, 5) is 11.2. The van der Waals surface area contributed by atoms with Gasteiger partial charge in [0.1, 0.15) is 5.52 Å². The molecule has 0 saturated heterocycles. The van der Waals surface area contributed by atoms with Crippen molar-refractivity contribution in [2.45, 2.75) is 16.3 Å².